The number of hydrogen-bond acceptors (Lipinski definition) is 5. The Hall–Kier alpha value is -2.63. The van der Waals surface area contributed by atoms with E-state index in [-0.39, 0.29) is 0 Å². The predicted molar refractivity (Wildman–Crippen MR) is 80.8 cm³/mol. The SMILES string of the molecule is CCCn1ncnc1COc1ccc(N)c2cccnc12. The van der Waals surface area contributed by atoms with Gasteiger partial charge >= 0.3 is 0 Å². The Morgan fingerprint density at radius 3 is 3.00 bits per heavy atom. The molecule has 0 atom stereocenters. The van der Waals surface area contributed by atoms with Crippen LogP contribution in [0.1, 0.15) is 19.2 Å². The zero-order valence-electron chi connectivity index (χ0n) is 11.9. The summed E-state index contributed by atoms with van der Waals surface area (Å²) in [5.74, 6) is 1.50. The summed E-state index contributed by atoms with van der Waals surface area (Å²) in [6, 6.07) is 7.46. The van der Waals surface area contributed by atoms with Crippen molar-refractivity contribution in [2.75, 3.05) is 5.73 Å². The molecule has 3 aromatic rings. The number of pyridine rings is 1. The second-order valence-corrected chi connectivity index (χ2v) is 4.74. The summed E-state index contributed by atoms with van der Waals surface area (Å²) >= 11 is 0. The van der Waals surface area contributed by atoms with Gasteiger partial charge in [0, 0.05) is 23.8 Å². The first kappa shape index (κ1) is 13.4. The second kappa shape index (κ2) is 5.78. The highest BCUT2D eigenvalue weighted by Gasteiger charge is 2.09. The van der Waals surface area contributed by atoms with E-state index in [2.05, 4.69) is 22.0 Å². The van der Waals surface area contributed by atoms with Crippen molar-refractivity contribution < 1.29 is 4.74 Å². The number of rotatable bonds is 5. The third kappa shape index (κ3) is 2.65. The first-order valence-corrected chi connectivity index (χ1v) is 6.92. The van der Waals surface area contributed by atoms with Crippen LogP contribution in [0.5, 0.6) is 5.75 Å². The fourth-order valence-corrected chi connectivity index (χ4v) is 2.23. The van der Waals surface area contributed by atoms with Crippen molar-refractivity contribution in [2.24, 2.45) is 0 Å². The quantitative estimate of drug-likeness (QED) is 0.727. The van der Waals surface area contributed by atoms with Crippen LogP contribution in [-0.4, -0.2) is 19.7 Å². The zero-order chi connectivity index (χ0) is 14.7. The van der Waals surface area contributed by atoms with Gasteiger partial charge in [-0.15, -0.1) is 0 Å². The average Bonchev–Trinajstić information content (AvgIpc) is 2.95. The number of hydrogen-bond donors (Lipinski definition) is 1. The lowest BCUT2D eigenvalue weighted by molar-refractivity contribution is 0.289. The number of fused-ring (bicyclic) bond motifs is 1. The van der Waals surface area contributed by atoms with E-state index in [1.807, 2.05) is 28.9 Å². The summed E-state index contributed by atoms with van der Waals surface area (Å²) in [6.45, 7) is 3.29. The van der Waals surface area contributed by atoms with Crippen molar-refractivity contribution in [2.45, 2.75) is 26.5 Å². The van der Waals surface area contributed by atoms with Gasteiger partial charge in [-0.2, -0.15) is 5.10 Å². The molecule has 3 rings (SSSR count). The number of nitrogens with zero attached hydrogens (tertiary/aromatic N) is 4. The molecule has 2 N–H and O–H groups in total. The molecule has 6 nitrogen and oxygen atoms in total. The van der Waals surface area contributed by atoms with Crippen LogP contribution in [0.2, 0.25) is 0 Å². The summed E-state index contributed by atoms with van der Waals surface area (Å²) < 4.78 is 7.72. The maximum atomic E-state index is 5.96. The summed E-state index contributed by atoms with van der Waals surface area (Å²) in [7, 11) is 0. The number of benzene rings is 1. The normalized spacial score (nSPS) is 10.9. The van der Waals surface area contributed by atoms with Gasteiger partial charge in [0.2, 0.25) is 0 Å². The molecule has 0 saturated carbocycles. The van der Waals surface area contributed by atoms with Crippen molar-refractivity contribution >= 4 is 16.6 Å². The van der Waals surface area contributed by atoms with E-state index < -0.39 is 0 Å². The van der Waals surface area contributed by atoms with Gasteiger partial charge in [0.25, 0.3) is 0 Å². The minimum Gasteiger partial charge on any atom is -0.483 e. The van der Waals surface area contributed by atoms with Gasteiger partial charge in [0.15, 0.2) is 5.82 Å². The van der Waals surface area contributed by atoms with E-state index in [1.165, 1.54) is 0 Å². The average molecular weight is 283 g/mol. The smallest absolute Gasteiger partial charge is 0.164 e. The monoisotopic (exact) mass is 283 g/mol. The van der Waals surface area contributed by atoms with Crippen molar-refractivity contribution in [3.8, 4) is 5.75 Å². The molecule has 0 aliphatic rings. The van der Waals surface area contributed by atoms with Crippen LogP contribution in [-0.2, 0) is 13.2 Å². The Labute approximate surface area is 122 Å². The van der Waals surface area contributed by atoms with Crippen molar-refractivity contribution in [1.82, 2.24) is 19.7 Å². The van der Waals surface area contributed by atoms with E-state index in [9.17, 15) is 0 Å². The van der Waals surface area contributed by atoms with Gasteiger partial charge in [-0.1, -0.05) is 6.92 Å². The summed E-state index contributed by atoms with van der Waals surface area (Å²) in [4.78, 5) is 8.58. The lowest BCUT2D eigenvalue weighted by Crippen LogP contribution is -2.08. The summed E-state index contributed by atoms with van der Waals surface area (Å²) in [6.07, 6.45) is 4.28. The number of nitrogen functional groups attached to an aromatic ring is 1. The molecular formula is C15H17N5O. The molecule has 0 unspecified atom stereocenters. The highest BCUT2D eigenvalue weighted by atomic mass is 16.5. The number of anilines is 1. The van der Waals surface area contributed by atoms with E-state index in [1.54, 1.807) is 12.5 Å². The van der Waals surface area contributed by atoms with Crippen LogP contribution in [0.25, 0.3) is 10.9 Å². The highest BCUT2D eigenvalue weighted by molar-refractivity contribution is 5.94. The number of aromatic nitrogens is 4. The lowest BCUT2D eigenvalue weighted by atomic mass is 10.2. The molecule has 0 radical (unpaired) electrons. The molecule has 0 bridgehead atoms. The topological polar surface area (TPSA) is 78.8 Å². The number of nitrogens with two attached hydrogens (primary N) is 1. The minimum atomic E-state index is 0.357. The summed E-state index contributed by atoms with van der Waals surface area (Å²) in [5, 5.41) is 5.08. The highest BCUT2D eigenvalue weighted by Crippen LogP contribution is 2.28. The van der Waals surface area contributed by atoms with E-state index in [4.69, 9.17) is 10.5 Å². The van der Waals surface area contributed by atoms with Crippen molar-refractivity contribution in [3.63, 3.8) is 0 Å². The first-order chi connectivity index (χ1) is 10.3. The largest absolute Gasteiger partial charge is 0.483 e. The molecule has 2 heterocycles. The molecule has 2 aromatic heterocycles. The fraction of sp³-hybridized carbons (Fsp3) is 0.267. The number of aryl methyl sites for hydroxylation is 1. The molecule has 6 heteroatoms. The van der Waals surface area contributed by atoms with Gasteiger partial charge in [-0.3, -0.25) is 4.98 Å². The van der Waals surface area contributed by atoms with Gasteiger partial charge < -0.3 is 10.5 Å². The van der Waals surface area contributed by atoms with E-state index >= 15 is 0 Å². The Balaban J connectivity index is 1.85. The minimum absolute atomic E-state index is 0.357. The molecule has 0 amide bonds. The summed E-state index contributed by atoms with van der Waals surface area (Å²) in [5.41, 5.74) is 7.41. The van der Waals surface area contributed by atoms with Crippen molar-refractivity contribution in [1.29, 1.82) is 0 Å². The molecule has 0 fully saturated rings. The molecular weight excluding hydrogens is 266 g/mol. The standard InChI is InChI=1S/C15H17N5O/c1-2-8-20-14(18-10-19-20)9-21-13-6-5-12(16)11-4-3-7-17-15(11)13/h3-7,10H,2,8-9,16H2,1H3. The van der Waals surface area contributed by atoms with Gasteiger partial charge in [-0.05, 0) is 30.7 Å². The van der Waals surface area contributed by atoms with E-state index in [0.717, 1.165) is 29.7 Å². The maximum absolute atomic E-state index is 5.96. The Kier molecular flexibility index (Phi) is 3.68. The molecule has 0 aliphatic heterocycles. The van der Waals surface area contributed by atoms with E-state index in [0.29, 0.717) is 18.0 Å². The molecule has 1 aromatic carbocycles. The third-order valence-corrected chi connectivity index (χ3v) is 3.25. The third-order valence-electron chi connectivity index (χ3n) is 3.25. The van der Waals surface area contributed by atoms with Gasteiger partial charge in [0.1, 0.15) is 24.2 Å². The van der Waals surface area contributed by atoms with Gasteiger partial charge in [0.05, 0.1) is 0 Å². The van der Waals surface area contributed by atoms with Crippen LogP contribution >= 0.6 is 0 Å². The van der Waals surface area contributed by atoms with Gasteiger partial charge in [-0.25, -0.2) is 9.67 Å². The van der Waals surface area contributed by atoms with Crippen LogP contribution in [0.15, 0.2) is 36.8 Å². The van der Waals surface area contributed by atoms with Crippen molar-refractivity contribution in [3.05, 3.63) is 42.6 Å². The van der Waals surface area contributed by atoms with Crippen LogP contribution < -0.4 is 10.5 Å². The lowest BCUT2D eigenvalue weighted by Gasteiger charge is -2.10. The molecule has 0 saturated heterocycles. The molecule has 0 aliphatic carbocycles. The second-order valence-electron chi connectivity index (χ2n) is 4.74. The van der Waals surface area contributed by atoms with Crippen LogP contribution in [0.3, 0.4) is 0 Å². The zero-order valence-corrected chi connectivity index (χ0v) is 11.9. The Bertz CT molecular complexity index is 753. The van der Waals surface area contributed by atoms with Crippen LogP contribution in [0.4, 0.5) is 5.69 Å². The molecule has 0 spiro atoms. The Morgan fingerprint density at radius 1 is 1.24 bits per heavy atom. The predicted octanol–water partition coefficient (Wildman–Crippen LogP) is 2.40. The Morgan fingerprint density at radius 2 is 2.14 bits per heavy atom. The number of ether oxygens (including phenoxy) is 1. The molecule has 21 heavy (non-hydrogen) atoms. The first-order valence-electron chi connectivity index (χ1n) is 6.92. The fourth-order valence-electron chi connectivity index (χ4n) is 2.23. The molecule has 108 valence electrons. The maximum Gasteiger partial charge on any atom is 0.164 e. The van der Waals surface area contributed by atoms with Crippen LogP contribution in [0, 0.1) is 0 Å².